The maximum atomic E-state index is 13.3. The van der Waals surface area contributed by atoms with Crippen molar-refractivity contribution in [2.24, 2.45) is 0 Å². The molecule has 0 radical (unpaired) electrons. The summed E-state index contributed by atoms with van der Waals surface area (Å²) in [7, 11) is 0. The zero-order valence-electron chi connectivity index (χ0n) is 14.8. The SMILES string of the molecule is O=C(NCc1ccc([S+]([O-])c2cc(F)cc(F)c2)cn1)c1cnc2nccn2c1. The molecule has 3 aromatic heterocycles. The van der Waals surface area contributed by atoms with E-state index >= 15 is 0 Å². The van der Waals surface area contributed by atoms with Crippen molar-refractivity contribution in [3.8, 4) is 0 Å². The molecule has 7 nitrogen and oxygen atoms in total. The average molecular weight is 413 g/mol. The lowest BCUT2D eigenvalue weighted by atomic mass is 10.3. The van der Waals surface area contributed by atoms with Gasteiger partial charge in [0.15, 0.2) is 9.79 Å². The van der Waals surface area contributed by atoms with Crippen LogP contribution in [-0.2, 0) is 17.7 Å². The number of carbonyl (C=O) groups excluding carboxylic acids is 1. The predicted molar refractivity (Wildman–Crippen MR) is 99.4 cm³/mol. The highest BCUT2D eigenvalue weighted by Gasteiger charge is 2.18. The zero-order chi connectivity index (χ0) is 20.4. The van der Waals surface area contributed by atoms with Crippen LogP contribution in [0.1, 0.15) is 16.1 Å². The Morgan fingerprint density at radius 2 is 1.86 bits per heavy atom. The largest absolute Gasteiger partial charge is 0.606 e. The minimum Gasteiger partial charge on any atom is -0.606 e. The first kappa shape index (κ1) is 19.0. The monoisotopic (exact) mass is 413 g/mol. The number of benzene rings is 1. The molecular weight excluding hydrogens is 400 g/mol. The Morgan fingerprint density at radius 3 is 2.59 bits per heavy atom. The van der Waals surface area contributed by atoms with Crippen molar-refractivity contribution in [1.29, 1.82) is 0 Å². The number of hydrogen-bond donors (Lipinski definition) is 1. The number of nitrogens with one attached hydrogen (secondary N) is 1. The van der Waals surface area contributed by atoms with Crippen LogP contribution >= 0.6 is 0 Å². The number of carbonyl (C=O) groups is 1. The molecule has 0 fully saturated rings. The summed E-state index contributed by atoms with van der Waals surface area (Å²) in [6, 6.07) is 5.86. The van der Waals surface area contributed by atoms with Gasteiger partial charge in [0.05, 0.1) is 24.0 Å². The van der Waals surface area contributed by atoms with E-state index in [0.717, 1.165) is 12.1 Å². The van der Waals surface area contributed by atoms with Crippen molar-refractivity contribution in [2.75, 3.05) is 0 Å². The molecule has 4 rings (SSSR count). The molecule has 1 N–H and O–H groups in total. The molecule has 1 amide bonds. The number of hydrogen-bond acceptors (Lipinski definition) is 5. The zero-order valence-corrected chi connectivity index (χ0v) is 15.6. The lowest BCUT2D eigenvalue weighted by Crippen LogP contribution is -2.23. The Bertz CT molecular complexity index is 1160. The third kappa shape index (κ3) is 4.23. The van der Waals surface area contributed by atoms with E-state index in [1.54, 1.807) is 29.1 Å². The van der Waals surface area contributed by atoms with E-state index in [1.165, 1.54) is 18.5 Å². The van der Waals surface area contributed by atoms with Crippen molar-refractivity contribution in [2.45, 2.75) is 16.3 Å². The van der Waals surface area contributed by atoms with E-state index in [-0.39, 0.29) is 17.3 Å². The second kappa shape index (κ2) is 7.94. The van der Waals surface area contributed by atoms with Crippen LogP contribution in [0.3, 0.4) is 0 Å². The molecular formula is C19H13F2N5O2S. The summed E-state index contributed by atoms with van der Waals surface area (Å²) in [6.07, 6.45) is 7.65. The van der Waals surface area contributed by atoms with Crippen molar-refractivity contribution in [3.63, 3.8) is 0 Å². The summed E-state index contributed by atoms with van der Waals surface area (Å²) in [6.45, 7) is 0.141. The molecule has 1 aromatic carbocycles. The first-order valence-corrected chi connectivity index (χ1v) is 9.54. The Hall–Kier alpha value is -3.37. The maximum absolute atomic E-state index is 13.3. The first-order chi connectivity index (χ1) is 14.0. The highest BCUT2D eigenvalue weighted by atomic mass is 32.2. The van der Waals surface area contributed by atoms with Crippen molar-refractivity contribution in [3.05, 3.63) is 84.2 Å². The third-order valence-electron chi connectivity index (χ3n) is 4.00. The number of rotatable bonds is 5. The second-order valence-electron chi connectivity index (χ2n) is 6.02. The van der Waals surface area contributed by atoms with Gasteiger partial charge in [-0.3, -0.25) is 14.2 Å². The number of imidazole rings is 1. The number of aromatic nitrogens is 4. The van der Waals surface area contributed by atoms with Gasteiger partial charge in [-0.05, 0) is 12.1 Å². The van der Waals surface area contributed by atoms with Gasteiger partial charge in [-0.15, -0.1) is 0 Å². The normalized spacial score (nSPS) is 12.1. The van der Waals surface area contributed by atoms with Gasteiger partial charge in [0.25, 0.3) is 5.91 Å². The summed E-state index contributed by atoms with van der Waals surface area (Å²) in [5, 5.41) is 2.72. The molecule has 1 atom stereocenters. The average Bonchev–Trinajstić information content (AvgIpc) is 3.19. The highest BCUT2D eigenvalue weighted by molar-refractivity contribution is 7.91. The van der Waals surface area contributed by atoms with Gasteiger partial charge in [-0.1, -0.05) is 0 Å². The van der Waals surface area contributed by atoms with Crippen molar-refractivity contribution < 1.29 is 18.1 Å². The van der Waals surface area contributed by atoms with E-state index in [0.29, 0.717) is 28.0 Å². The summed E-state index contributed by atoms with van der Waals surface area (Å²) in [5.74, 6) is -1.45. The third-order valence-corrected chi connectivity index (χ3v) is 5.33. The lowest BCUT2D eigenvalue weighted by Gasteiger charge is -2.10. The molecule has 0 bridgehead atoms. The molecule has 4 aromatic rings. The maximum Gasteiger partial charge on any atom is 0.254 e. The fourth-order valence-corrected chi connectivity index (χ4v) is 3.65. The summed E-state index contributed by atoms with van der Waals surface area (Å²) in [4.78, 5) is 24.8. The van der Waals surface area contributed by atoms with Crippen LogP contribution in [0.15, 0.2) is 71.1 Å². The van der Waals surface area contributed by atoms with Gasteiger partial charge < -0.3 is 9.87 Å². The van der Waals surface area contributed by atoms with Crippen LogP contribution in [0.25, 0.3) is 5.78 Å². The molecule has 0 saturated heterocycles. The standard InChI is InChI=1S/C19H13F2N5O2S/c20-13-5-14(21)7-17(6-13)29(28)16-2-1-15(23-10-16)9-24-18(27)12-8-25-19-22-3-4-26(19)11-12/h1-8,10-11H,9H2,(H,24,27). The van der Waals surface area contributed by atoms with E-state index in [9.17, 15) is 18.1 Å². The Kier molecular flexibility index (Phi) is 5.19. The minimum atomic E-state index is -1.77. The van der Waals surface area contributed by atoms with Crippen LogP contribution in [0.4, 0.5) is 8.78 Å². The quantitative estimate of drug-likeness (QED) is 0.507. The number of halogens is 2. The molecule has 3 heterocycles. The molecule has 146 valence electrons. The smallest absolute Gasteiger partial charge is 0.254 e. The summed E-state index contributed by atoms with van der Waals surface area (Å²) < 4.78 is 40.7. The number of amides is 1. The Balaban J connectivity index is 1.41. The minimum absolute atomic E-state index is 0.00717. The van der Waals surface area contributed by atoms with Gasteiger partial charge in [0, 0.05) is 54.2 Å². The fraction of sp³-hybridized carbons (Fsp3) is 0.0526. The van der Waals surface area contributed by atoms with Gasteiger partial charge >= 0.3 is 0 Å². The topological polar surface area (TPSA) is 95.2 Å². The van der Waals surface area contributed by atoms with E-state index in [2.05, 4.69) is 20.3 Å². The molecule has 0 aliphatic rings. The van der Waals surface area contributed by atoms with Crippen molar-refractivity contribution in [1.82, 2.24) is 24.7 Å². The van der Waals surface area contributed by atoms with Crippen LogP contribution < -0.4 is 5.32 Å². The highest BCUT2D eigenvalue weighted by Crippen LogP contribution is 2.22. The number of nitrogens with zero attached hydrogens (tertiary/aromatic N) is 4. The number of pyridine rings is 1. The van der Waals surface area contributed by atoms with E-state index in [4.69, 9.17) is 0 Å². The molecule has 10 heteroatoms. The second-order valence-corrected chi connectivity index (χ2v) is 7.50. The van der Waals surface area contributed by atoms with Crippen LogP contribution in [-0.4, -0.2) is 29.8 Å². The predicted octanol–water partition coefficient (Wildman–Crippen LogP) is 2.50. The summed E-state index contributed by atoms with van der Waals surface area (Å²) in [5.41, 5.74) is 0.891. The molecule has 0 spiro atoms. The van der Waals surface area contributed by atoms with Crippen LogP contribution in [0.5, 0.6) is 0 Å². The lowest BCUT2D eigenvalue weighted by molar-refractivity contribution is 0.0949. The molecule has 0 aliphatic carbocycles. The molecule has 0 saturated carbocycles. The van der Waals surface area contributed by atoms with Crippen LogP contribution in [0.2, 0.25) is 0 Å². The Labute approximate surface area is 166 Å². The number of fused-ring (bicyclic) bond motifs is 1. The van der Waals surface area contributed by atoms with Crippen LogP contribution in [0, 0.1) is 11.6 Å². The van der Waals surface area contributed by atoms with E-state index in [1.807, 2.05) is 0 Å². The van der Waals surface area contributed by atoms with Gasteiger partial charge in [0.1, 0.15) is 11.6 Å². The fourth-order valence-electron chi connectivity index (χ4n) is 2.60. The van der Waals surface area contributed by atoms with Crippen molar-refractivity contribution >= 4 is 22.9 Å². The molecule has 1 unspecified atom stereocenters. The van der Waals surface area contributed by atoms with Gasteiger partial charge in [-0.2, -0.15) is 0 Å². The Morgan fingerprint density at radius 1 is 1.07 bits per heavy atom. The van der Waals surface area contributed by atoms with Gasteiger partial charge in [0.2, 0.25) is 5.78 Å². The summed E-state index contributed by atoms with van der Waals surface area (Å²) >= 11 is -1.77. The van der Waals surface area contributed by atoms with E-state index < -0.39 is 22.8 Å². The molecule has 29 heavy (non-hydrogen) atoms. The van der Waals surface area contributed by atoms with Gasteiger partial charge in [-0.25, -0.2) is 18.7 Å². The molecule has 0 aliphatic heterocycles. The first-order valence-electron chi connectivity index (χ1n) is 8.39.